The summed E-state index contributed by atoms with van der Waals surface area (Å²) in [6.45, 7) is 85.5. The minimum absolute atomic E-state index is 0. The molecule has 0 aromatic carbocycles. The Morgan fingerprint density at radius 1 is 0.116 bits per heavy atom. The molecular formula is C18Fe3Gd4N18. The first-order valence-electron chi connectivity index (χ1n) is 4.02. The van der Waals surface area contributed by atoms with Gasteiger partial charge in [0, 0.05) is 0 Å². The molecule has 0 atom stereocenters. The van der Waals surface area contributed by atoms with Crippen molar-refractivity contribution in [2.24, 2.45) is 0 Å². The van der Waals surface area contributed by atoms with Crippen molar-refractivity contribution in [3.8, 4) is 0 Å². The van der Waals surface area contributed by atoms with Crippen LogP contribution in [0, 0.1) is 373 Å². The molecule has 218 valence electrons. The number of rotatable bonds is 0. The van der Waals surface area contributed by atoms with Crippen LogP contribution in [0.3, 0.4) is 0 Å². The van der Waals surface area contributed by atoms with E-state index in [9.17, 15) is 0 Å². The maximum absolute atomic E-state index is 6.25. The SMILES string of the molecule is [C-]#N.[C-]#N.[C-]#N.[C-]#N.[C-]#N.[C-]#N.[C-]#N.[C-]#N.[C-]#N.[C-]#N.[C-]#N.[C-]#N.[C-]#N.[C-]#N.[C-]#N.[C-]#N.[C-]#N.[C-]#N.[Fe+2].[Fe+2].[Fe+2].[Gd+3].[Gd+3].[Gd+3].[Gd+3]. The summed E-state index contributed by atoms with van der Waals surface area (Å²) >= 11 is 0. The fourth-order valence-corrected chi connectivity index (χ4v) is 0. The predicted octanol–water partition coefficient (Wildman–Crippen LogP) is 1.73. The Kier molecular flexibility index (Phi) is 66700. The first kappa shape index (κ1) is 261. The smallest absolute Gasteiger partial charge is 0.512 e. The summed E-state index contributed by atoms with van der Waals surface area (Å²) in [5, 5.41) is 112. The van der Waals surface area contributed by atoms with Gasteiger partial charge in [-0.3, -0.25) is 0 Å². The van der Waals surface area contributed by atoms with E-state index in [0.29, 0.717) is 0 Å². The van der Waals surface area contributed by atoms with Crippen LogP contribution in [0.4, 0.5) is 0 Å². The largest absolute Gasteiger partial charge is 3.00 e. The van der Waals surface area contributed by atoms with E-state index in [1.54, 1.807) is 0 Å². The third-order valence-electron chi connectivity index (χ3n) is 0. The summed E-state index contributed by atoms with van der Waals surface area (Å²) in [6, 6.07) is 0. The molecule has 0 unspecified atom stereocenters. The molecule has 0 fully saturated rings. The third kappa shape index (κ3) is 10400. The fourth-order valence-electron chi connectivity index (χ4n) is 0. The molecular weight excluding hydrogens is 1260 g/mol. The Hall–Kier alpha value is -2.32. The summed E-state index contributed by atoms with van der Waals surface area (Å²) in [4.78, 5) is 0. The molecule has 18 nitrogen and oxygen atoms in total. The van der Waals surface area contributed by atoms with Crippen LogP contribution < -0.4 is 0 Å². The monoisotopic (exact) mass is 1270 g/mol. The summed E-state index contributed by atoms with van der Waals surface area (Å²) < 4.78 is 0. The second-order valence-electron chi connectivity index (χ2n) is 0. The van der Waals surface area contributed by atoms with Crippen molar-refractivity contribution < 1.29 is 211 Å². The molecule has 0 saturated carbocycles. The van der Waals surface area contributed by atoms with Crippen LogP contribution in [0.1, 0.15) is 0 Å². The van der Waals surface area contributed by atoms with Gasteiger partial charge in [-0.25, -0.2) is 0 Å². The van der Waals surface area contributed by atoms with Gasteiger partial charge in [0.15, 0.2) is 0 Å². The second kappa shape index (κ2) is 11000. The molecule has 0 N–H and O–H groups in total. The van der Waals surface area contributed by atoms with Crippen molar-refractivity contribution >= 4 is 0 Å². The normalized spacial score (nSPS) is 0.837. The zero-order chi connectivity index (χ0) is 36.0. The van der Waals surface area contributed by atoms with E-state index in [1.807, 2.05) is 0 Å². The van der Waals surface area contributed by atoms with Crippen molar-refractivity contribution in [1.82, 2.24) is 0 Å². The van der Waals surface area contributed by atoms with Gasteiger partial charge in [0.05, 0.1) is 0 Å². The van der Waals surface area contributed by atoms with E-state index in [4.69, 9.17) is 213 Å². The summed E-state index contributed by atoms with van der Waals surface area (Å²) in [5.74, 6) is 0. The molecule has 0 aromatic heterocycles. The number of hydrogen-bond donors (Lipinski definition) is 0. The van der Waals surface area contributed by atoms with E-state index in [0.717, 1.165) is 0 Å². The molecule has 43 heavy (non-hydrogen) atoms. The molecule has 0 spiro atoms. The van der Waals surface area contributed by atoms with Gasteiger partial charge < -0.3 is 213 Å². The summed E-state index contributed by atoms with van der Waals surface area (Å²) in [6.07, 6.45) is 0. The maximum atomic E-state index is 6.25. The third-order valence-corrected chi connectivity index (χ3v) is 0. The standard InChI is InChI=1S/18CN.3Fe.4Gd/c18*1-2;;;;;;;/q18*-1;3*+2;4*+3. The van der Waals surface area contributed by atoms with Crippen molar-refractivity contribution in [2.75, 3.05) is 0 Å². The van der Waals surface area contributed by atoms with Gasteiger partial charge in [0.1, 0.15) is 0 Å². The molecule has 0 saturated heterocycles. The Morgan fingerprint density at radius 2 is 0.116 bits per heavy atom. The zero-order valence-corrected chi connectivity index (χ0v) is 31.9. The van der Waals surface area contributed by atoms with Gasteiger partial charge in [0.25, 0.3) is 0 Å². The van der Waals surface area contributed by atoms with Crippen LogP contribution in [-0.2, 0) is 51.2 Å². The van der Waals surface area contributed by atoms with Gasteiger partial charge in [-0.2, -0.15) is 0 Å². The zero-order valence-electron chi connectivity index (χ0n) is 19.5. The average Bonchev–Trinajstić information content (AvgIpc) is 3.13. The van der Waals surface area contributed by atoms with Gasteiger partial charge in [-0.1, -0.05) is 0 Å². The van der Waals surface area contributed by atoms with Crippen molar-refractivity contribution in [2.45, 2.75) is 0 Å². The van der Waals surface area contributed by atoms with Crippen LogP contribution in [0.25, 0.3) is 0 Å². The fraction of sp³-hybridized carbons (Fsp3) is 0. The van der Waals surface area contributed by atoms with Crippen LogP contribution in [0.5, 0.6) is 0 Å². The van der Waals surface area contributed by atoms with Crippen molar-refractivity contribution in [3.63, 3.8) is 0 Å². The van der Waals surface area contributed by atoms with E-state index in [-0.39, 0.29) is 211 Å². The topological polar surface area (TPSA) is 428 Å². The van der Waals surface area contributed by atoms with Gasteiger partial charge in [-0.05, 0) is 0 Å². The Morgan fingerprint density at radius 3 is 0.116 bits per heavy atom. The minimum atomic E-state index is 0. The molecule has 0 aliphatic rings. The van der Waals surface area contributed by atoms with Crippen LogP contribution >= 0.6 is 0 Å². The molecule has 25 heteroatoms. The quantitative estimate of drug-likeness (QED) is 0.246. The molecule has 0 aliphatic carbocycles. The molecule has 0 rings (SSSR count). The molecule has 4 radical (unpaired) electrons. The Labute approximate surface area is 416 Å². The Bertz CT molecular complexity index is 381. The van der Waals surface area contributed by atoms with Crippen LogP contribution in [0.2, 0.25) is 0 Å². The second-order valence-corrected chi connectivity index (χ2v) is 0. The van der Waals surface area contributed by atoms with E-state index in [1.165, 1.54) is 0 Å². The molecule has 0 aromatic rings. The molecule has 0 heterocycles. The molecule has 0 amide bonds. The first-order chi connectivity index (χ1) is 18.0. The molecule has 0 aliphatic heterocycles. The minimum Gasteiger partial charge on any atom is -0.512 e. The van der Waals surface area contributed by atoms with Crippen LogP contribution in [0.15, 0.2) is 0 Å². The summed E-state index contributed by atoms with van der Waals surface area (Å²) in [5.41, 5.74) is 0. The Balaban J connectivity index is -0.00000000344. The van der Waals surface area contributed by atoms with Gasteiger partial charge >= 0.3 is 211 Å². The van der Waals surface area contributed by atoms with Crippen molar-refractivity contribution in [1.29, 1.82) is 94.7 Å². The van der Waals surface area contributed by atoms with E-state index < -0.39 is 0 Å². The predicted molar refractivity (Wildman–Crippen MR) is 89.4 cm³/mol. The van der Waals surface area contributed by atoms with Crippen LogP contribution in [-0.4, -0.2) is 0 Å². The number of nitrogens with zero attached hydrogens (tertiary/aromatic N) is 18. The van der Waals surface area contributed by atoms with E-state index in [2.05, 4.69) is 0 Å². The average molecular weight is 1260 g/mol. The van der Waals surface area contributed by atoms with Gasteiger partial charge in [-0.15, -0.1) is 0 Å². The van der Waals surface area contributed by atoms with E-state index >= 15 is 0 Å². The number of hydrogen-bond acceptors (Lipinski definition) is 18. The first-order valence-corrected chi connectivity index (χ1v) is 4.02. The molecule has 0 bridgehead atoms. The summed E-state index contributed by atoms with van der Waals surface area (Å²) in [7, 11) is 0. The van der Waals surface area contributed by atoms with Gasteiger partial charge in [0.2, 0.25) is 0 Å². The van der Waals surface area contributed by atoms with Crippen molar-refractivity contribution in [3.05, 3.63) is 118 Å². The maximum Gasteiger partial charge on any atom is 3.00 e.